The number of nitrogens with zero attached hydrogens (tertiary/aromatic N) is 1. The predicted octanol–water partition coefficient (Wildman–Crippen LogP) is 4.07. The highest BCUT2D eigenvalue weighted by Crippen LogP contribution is 2.14. The van der Waals surface area contributed by atoms with Crippen molar-refractivity contribution in [2.45, 2.75) is 6.92 Å². The van der Waals surface area contributed by atoms with Crippen LogP contribution in [-0.4, -0.2) is 0 Å². The maximum atomic E-state index is 7.79. The van der Waals surface area contributed by atoms with Gasteiger partial charge in [0.1, 0.15) is 0 Å². The first-order valence-electron chi connectivity index (χ1n) is 4.04. The molecule has 1 rings (SSSR count). The summed E-state index contributed by atoms with van der Waals surface area (Å²) < 4.78 is 0. The normalized spacial score (nSPS) is 7.79. The van der Waals surface area contributed by atoms with E-state index in [2.05, 4.69) is 13.2 Å². The molecule has 0 fully saturated rings. The minimum absolute atomic E-state index is 0.560. The largest absolute Gasteiger partial charge is 0.193 e. The van der Waals surface area contributed by atoms with Crippen LogP contribution in [0, 0.1) is 11.3 Å². The van der Waals surface area contributed by atoms with Gasteiger partial charge in [-0.25, -0.2) is 0 Å². The van der Waals surface area contributed by atoms with Crippen LogP contribution in [0.2, 0.25) is 5.02 Å². The monoisotopic (exact) mass is 205 g/mol. The first kappa shape index (κ1) is 12.5. The molecule has 0 saturated heterocycles. The Bertz CT molecular complexity index is 361. The molecule has 0 spiro atoms. The van der Waals surface area contributed by atoms with Crippen LogP contribution in [0.1, 0.15) is 12.5 Å². The molecule has 0 saturated carbocycles. The third-order valence-corrected chi connectivity index (χ3v) is 1.66. The van der Waals surface area contributed by atoms with E-state index in [1.54, 1.807) is 13.0 Å². The summed E-state index contributed by atoms with van der Waals surface area (Å²) in [7, 11) is 0. The van der Waals surface area contributed by atoms with E-state index in [1.165, 1.54) is 0 Å². The van der Waals surface area contributed by atoms with Crippen LogP contribution < -0.4 is 0 Å². The van der Waals surface area contributed by atoms with E-state index in [0.717, 1.165) is 10.6 Å². The van der Waals surface area contributed by atoms with Crippen LogP contribution in [0.3, 0.4) is 0 Å². The summed E-state index contributed by atoms with van der Waals surface area (Å²) >= 11 is 5.75. The van der Waals surface area contributed by atoms with E-state index in [0.29, 0.717) is 5.57 Å². The third-order valence-electron chi connectivity index (χ3n) is 1.32. The Morgan fingerprint density at radius 1 is 1.50 bits per heavy atom. The molecule has 1 nitrogen and oxygen atoms in total. The van der Waals surface area contributed by atoms with Crippen LogP contribution in [0.4, 0.5) is 0 Å². The molecule has 1 aromatic carbocycles. The second-order valence-corrected chi connectivity index (χ2v) is 3.02. The first-order chi connectivity index (χ1) is 6.61. The van der Waals surface area contributed by atoms with Gasteiger partial charge in [-0.05, 0) is 18.6 Å². The number of halogens is 1. The third kappa shape index (κ3) is 5.18. The van der Waals surface area contributed by atoms with E-state index in [1.807, 2.05) is 30.3 Å². The molecule has 14 heavy (non-hydrogen) atoms. The van der Waals surface area contributed by atoms with Gasteiger partial charge in [-0.1, -0.05) is 49.0 Å². The standard InChI is InChI=1S/C8H7Cl.C4H5N/c1-2-7-5-3-4-6-8(7)9;1-4(2)3-5/h2-6H,1H2;1H2,2H3. The zero-order valence-electron chi connectivity index (χ0n) is 8.13. The fourth-order valence-electron chi connectivity index (χ4n) is 0.641. The molecule has 0 atom stereocenters. The Balaban J connectivity index is 0.000000292. The fraction of sp³-hybridized carbons (Fsp3) is 0.0833. The van der Waals surface area contributed by atoms with Gasteiger partial charge in [0.25, 0.3) is 0 Å². The summed E-state index contributed by atoms with van der Waals surface area (Å²) in [6.45, 7) is 8.59. The summed E-state index contributed by atoms with van der Waals surface area (Å²) in [6.07, 6.45) is 1.74. The average Bonchev–Trinajstić information content (AvgIpc) is 2.19. The fourth-order valence-corrected chi connectivity index (χ4v) is 0.854. The molecule has 0 unspecified atom stereocenters. The number of rotatable bonds is 1. The van der Waals surface area contributed by atoms with Crippen molar-refractivity contribution in [1.82, 2.24) is 0 Å². The number of hydrogen-bond donors (Lipinski definition) is 0. The highest BCUT2D eigenvalue weighted by molar-refractivity contribution is 6.32. The van der Waals surface area contributed by atoms with E-state index in [-0.39, 0.29) is 0 Å². The van der Waals surface area contributed by atoms with Crippen LogP contribution in [0.25, 0.3) is 6.08 Å². The van der Waals surface area contributed by atoms with Gasteiger partial charge >= 0.3 is 0 Å². The molecule has 0 heterocycles. The maximum absolute atomic E-state index is 7.79. The SMILES string of the molecule is C=C(C)C#N.C=Cc1ccccc1Cl. The summed E-state index contributed by atoms with van der Waals surface area (Å²) in [5, 5.41) is 8.55. The van der Waals surface area contributed by atoms with Crippen LogP contribution in [-0.2, 0) is 0 Å². The Hall–Kier alpha value is -1.52. The van der Waals surface area contributed by atoms with Crippen molar-refractivity contribution in [3.63, 3.8) is 0 Å². The van der Waals surface area contributed by atoms with Gasteiger partial charge in [-0.2, -0.15) is 5.26 Å². The first-order valence-corrected chi connectivity index (χ1v) is 4.42. The predicted molar refractivity (Wildman–Crippen MR) is 62.0 cm³/mol. The summed E-state index contributed by atoms with van der Waals surface area (Å²) in [5.74, 6) is 0. The Morgan fingerprint density at radius 2 is 2.00 bits per heavy atom. The lowest BCUT2D eigenvalue weighted by atomic mass is 10.2. The molecular formula is C12H12ClN. The van der Waals surface area contributed by atoms with E-state index >= 15 is 0 Å². The number of allylic oxidation sites excluding steroid dienone is 1. The van der Waals surface area contributed by atoms with Gasteiger partial charge in [0.15, 0.2) is 0 Å². The van der Waals surface area contributed by atoms with Gasteiger partial charge in [-0.3, -0.25) is 0 Å². The average molecular weight is 206 g/mol. The quantitative estimate of drug-likeness (QED) is 0.634. The van der Waals surface area contributed by atoms with E-state index in [9.17, 15) is 0 Å². The summed E-state index contributed by atoms with van der Waals surface area (Å²) in [4.78, 5) is 0. The van der Waals surface area contributed by atoms with Gasteiger partial charge in [-0.15, -0.1) is 0 Å². The molecule has 0 N–H and O–H groups in total. The van der Waals surface area contributed by atoms with Crippen LogP contribution in [0.5, 0.6) is 0 Å². The molecule has 0 bridgehead atoms. The van der Waals surface area contributed by atoms with Crippen molar-refractivity contribution in [1.29, 1.82) is 5.26 Å². The van der Waals surface area contributed by atoms with Crippen molar-refractivity contribution in [2.24, 2.45) is 0 Å². The summed E-state index contributed by atoms with van der Waals surface area (Å²) in [6, 6.07) is 9.44. The molecular weight excluding hydrogens is 194 g/mol. The van der Waals surface area contributed by atoms with Crippen molar-refractivity contribution in [2.75, 3.05) is 0 Å². The molecule has 72 valence electrons. The lowest BCUT2D eigenvalue weighted by Gasteiger charge is -1.92. The van der Waals surface area contributed by atoms with Crippen molar-refractivity contribution in [3.8, 4) is 6.07 Å². The molecule has 2 heteroatoms. The number of hydrogen-bond acceptors (Lipinski definition) is 1. The lowest BCUT2D eigenvalue weighted by Crippen LogP contribution is -1.69. The smallest absolute Gasteiger partial charge is 0.0937 e. The second kappa shape index (κ2) is 6.94. The highest BCUT2D eigenvalue weighted by Gasteiger charge is 1.89. The van der Waals surface area contributed by atoms with Crippen molar-refractivity contribution < 1.29 is 0 Å². The minimum atomic E-state index is 0.560. The molecule has 0 aliphatic carbocycles. The number of benzene rings is 1. The minimum Gasteiger partial charge on any atom is -0.193 e. The molecule has 0 radical (unpaired) electrons. The zero-order valence-corrected chi connectivity index (χ0v) is 8.88. The second-order valence-electron chi connectivity index (χ2n) is 2.62. The maximum Gasteiger partial charge on any atom is 0.0937 e. The van der Waals surface area contributed by atoms with Gasteiger partial charge in [0.05, 0.1) is 6.07 Å². The van der Waals surface area contributed by atoms with Crippen molar-refractivity contribution >= 4 is 17.7 Å². The van der Waals surface area contributed by atoms with Gasteiger partial charge in [0.2, 0.25) is 0 Å². The molecule has 0 aromatic heterocycles. The van der Waals surface area contributed by atoms with Crippen LogP contribution in [0.15, 0.2) is 43.0 Å². The Labute approximate surface area is 89.9 Å². The van der Waals surface area contributed by atoms with Crippen LogP contribution >= 0.6 is 11.6 Å². The molecule has 1 aromatic rings. The van der Waals surface area contributed by atoms with E-state index < -0.39 is 0 Å². The topological polar surface area (TPSA) is 23.8 Å². The lowest BCUT2D eigenvalue weighted by molar-refractivity contribution is 1.46. The Kier molecular flexibility index (Phi) is 6.19. The van der Waals surface area contributed by atoms with Gasteiger partial charge < -0.3 is 0 Å². The zero-order chi connectivity index (χ0) is 11.0. The molecule has 0 amide bonds. The van der Waals surface area contributed by atoms with E-state index in [4.69, 9.17) is 16.9 Å². The van der Waals surface area contributed by atoms with Crippen molar-refractivity contribution in [3.05, 3.63) is 53.6 Å². The highest BCUT2D eigenvalue weighted by atomic mass is 35.5. The number of nitriles is 1. The Morgan fingerprint density at radius 3 is 2.29 bits per heavy atom. The molecule has 0 aliphatic rings. The summed E-state index contributed by atoms with van der Waals surface area (Å²) in [5.41, 5.74) is 1.55. The molecule has 0 aliphatic heterocycles. The van der Waals surface area contributed by atoms with Gasteiger partial charge in [0, 0.05) is 10.6 Å².